The first-order valence-corrected chi connectivity index (χ1v) is 8.23. The van der Waals surface area contributed by atoms with Gasteiger partial charge in [-0.05, 0) is 6.42 Å². The van der Waals surface area contributed by atoms with Gasteiger partial charge in [-0.25, -0.2) is 13.2 Å². The van der Waals surface area contributed by atoms with Gasteiger partial charge in [-0.1, -0.05) is 0 Å². The summed E-state index contributed by atoms with van der Waals surface area (Å²) in [7, 11) is -1.58. The van der Waals surface area contributed by atoms with Gasteiger partial charge in [-0.15, -0.1) is 0 Å². The third kappa shape index (κ3) is 4.97. The summed E-state index contributed by atoms with van der Waals surface area (Å²) in [5.74, 6) is -0.882. The summed E-state index contributed by atoms with van der Waals surface area (Å²) in [5.41, 5.74) is 0. The second-order valence-electron chi connectivity index (χ2n) is 4.85. The predicted octanol–water partition coefficient (Wildman–Crippen LogP) is -0.520. The molecule has 0 aromatic carbocycles. The standard InChI is InChI=1S/C11H21N3O5S/c1-12(5-3-4-10(15)16)11(17)13-6-8-14(9-7-13)20(2,18)19/h3-9H2,1-2H3,(H,15,16). The summed E-state index contributed by atoms with van der Waals surface area (Å²) in [5, 5.41) is 8.54. The average molecular weight is 307 g/mol. The number of carboxylic acids is 1. The lowest BCUT2D eigenvalue weighted by Crippen LogP contribution is -2.53. The largest absolute Gasteiger partial charge is 0.481 e. The molecule has 0 radical (unpaired) electrons. The van der Waals surface area contributed by atoms with Crippen LogP contribution in [0.15, 0.2) is 0 Å². The highest BCUT2D eigenvalue weighted by Gasteiger charge is 2.27. The van der Waals surface area contributed by atoms with Gasteiger partial charge in [0.25, 0.3) is 0 Å². The van der Waals surface area contributed by atoms with Crippen molar-refractivity contribution in [3.05, 3.63) is 0 Å². The normalized spacial score (nSPS) is 17.0. The molecular formula is C11H21N3O5S. The van der Waals surface area contributed by atoms with Crippen LogP contribution < -0.4 is 0 Å². The van der Waals surface area contributed by atoms with E-state index in [0.29, 0.717) is 39.1 Å². The molecule has 2 amide bonds. The monoisotopic (exact) mass is 307 g/mol. The minimum absolute atomic E-state index is 0.0273. The quantitative estimate of drug-likeness (QED) is 0.737. The van der Waals surface area contributed by atoms with Gasteiger partial charge in [-0.2, -0.15) is 4.31 Å². The first-order valence-electron chi connectivity index (χ1n) is 6.39. The molecule has 1 N–H and O–H groups in total. The van der Waals surface area contributed by atoms with E-state index in [4.69, 9.17) is 5.11 Å². The van der Waals surface area contributed by atoms with Crippen molar-refractivity contribution >= 4 is 22.0 Å². The van der Waals surface area contributed by atoms with Crippen molar-refractivity contribution in [3.63, 3.8) is 0 Å². The van der Waals surface area contributed by atoms with Crippen LogP contribution in [-0.4, -0.2) is 85.7 Å². The van der Waals surface area contributed by atoms with E-state index in [2.05, 4.69) is 0 Å². The van der Waals surface area contributed by atoms with Gasteiger partial charge in [0.15, 0.2) is 0 Å². The summed E-state index contributed by atoms with van der Waals surface area (Å²) in [6, 6.07) is -0.191. The molecule has 116 valence electrons. The minimum atomic E-state index is -3.20. The maximum Gasteiger partial charge on any atom is 0.319 e. The zero-order valence-corrected chi connectivity index (χ0v) is 12.6. The summed E-state index contributed by atoms with van der Waals surface area (Å²) in [6.07, 6.45) is 1.59. The fourth-order valence-corrected chi connectivity index (χ4v) is 2.84. The lowest BCUT2D eigenvalue weighted by atomic mass is 10.3. The van der Waals surface area contributed by atoms with Crippen LogP contribution in [-0.2, 0) is 14.8 Å². The first kappa shape index (κ1) is 16.7. The highest BCUT2D eigenvalue weighted by atomic mass is 32.2. The first-order chi connectivity index (χ1) is 9.21. The molecule has 0 unspecified atom stereocenters. The number of urea groups is 1. The fraction of sp³-hybridized carbons (Fsp3) is 0.818. The molecule has 0 spiro atoms. The van der Waals surface area contributed by atoms with Crippen LogP contribution in [0.4, 0.5) is 4.79 Å². The van der Waals surface area contributed by atoms with Gasteiger partial charge in [0.2, 0.25) is 10.0 Å². The van der Waals surface area contributed by atoms with Crippen molar-refractivity contribution in [3.8, 4) is 0 Å². The number of nitrogens with zero attached hydrogens (tertiary/aromatic N) is 3. The zero-order chi connectivity index (χ0) is 15.3. The van der Waals surface area contributed by atoms with Crippen LogP contribution in [0.5, 0.6) is 0 Å². The minimum Gasteiger partial charge on any atom is -0.481 e. The lowest BCUT2D eigenvalue weighted by Gasteiger charge is -2.35. The molecule has 1 aliphatic heterocycles. The topological polar surface area (TPSA) is 98.2 Å². The maximum absolute atomic E-state index is 12.1. The molecule has 9 heteroatoms. The highest BCUT2D eigenvalue weighted by molar-refractivity contribution is 7.88. The molecule has 1 heterocycles. The second-order valence-corrected chi connectivity index (χ2v) is 6.83. The van der Waals surface area contributed by atoms with E-state index >= 15 is 0 Å². The summed E-state index contributed by atoms with van der Waals surface area (Å²) < 4.78 is 24.1. The summed E-state index contributed by atoms with van der Waals surface area (Å²) in [6.45, 7) is 1.68. The van der Waals surface area contributed by atoms with E-state index in [0.717, 1.165) is 6.26 Å². The molecular weight excluding hydrogens is 286 g/mol. The van der Waals surface area contributed by atoms with Gasteiger partial charge in [0.05, 0.1) is 6.26 Å². The molecule has 0 atom stereocenters. The molecule has 8 nitrogen and oxygen atoms in total. The van der Waals surface area contributed by atoms with Crippen LogP contribution in [0.2, 0.25) is 0 Å². The number of amides is 2. The highest BCUT2D eigenvalue weighted by Crippen LogP contribution is 2.08. The lowest BCUT2D eigenvalue weighted by molar-refractivity contribution is -0.137. The van der Waals surface area contributed by atoms with E-state index in [1.807, 2.05) is 0 Å². The van der Waals surface area contributed by atoms with E-state index in [9.17, 15) is 18.0 Å². The second kappa shape index (κ2) is 6.89. The predicted molar refractivity (Wildman–Crippen MR) is 72.9 cm³/mol. The van der Waals surface area contributed by atoms with E-state index in [-0.39, 0.29) is 12.5 Å². The molecule has 0 aromatic rings. The van der Waals surface area contributed by atoms with E-state index in [1.54, 1.807) is 11.9 Å². The van der Waals surface area contributed by atoms with Gasteiger partial charge in [0, 0.05) is 46.2 Å². The summed E-state index contributed by atoms with van der Waals surface area (Å²) >= 11 is 0. The van der Waals surface area contributed by atoms with Crippen LogP contribution in [0.1, 0.15) is 12.8 Å². The Labute approximate surface area is 119 Å². The Morgan fingerprint density at radius 3 is 2.20 bits per heavy atom. The van der Waals surface area contributed by atoms with Crippen LogP contribution in [0.3, 0.4) is 0 Å². The number of sulfonamides is 1. The Morgan fingerprint density at radius 1 is 1.20 bits per heavy atom. The molecule has 0 saturated carbocycles. The van der Waals surface area contributed by atoms with Crippen molar-refractivity contribution in [2.24, 2.45) is 0 Å². The molecule has 20 heavy (non-hydrogen) atoms. The number of carbonyl (C=O) groups excluding carboxylic acids is 1. The average Bonchev–Trinajstić information content (AvgIpc) is 2.36. The van der Waals surface area contributed by atoms with Gasteiger partial charge in [0.1, 0.15) is 0 Å². The smallest absolute Gasteiger partial charge is 0.319 e. The van der Waals surface area contributed by atoms with Crippen LogP contribution in [0.25, 0.3) is 0 Å². The fourth-order valence-electron chi connectivity index (χ4n) is 2.02. The third-order valence-corrected chi connectivity index (χ3v) is 4.49. The number of piperazine rings is 1. The molecule has 1 aliphatic rings. The molecule has 1 saturated heterocycles. The number of carbonyl (C=O) groups is 2. The Bertz CT molecular complexity index is 457. The maximum atomic E-state index is 12.1. The SMILES string of the molecule is CN(CCCC(=O)O)C(=O)N1CCN(S(C)(=O)=O)CC1. The van der Waals surface area contributed by atoms with Crippen LogP contribution in [0, 0.1) is 0 Å². The molecule has 1 rings (SSSR count). The number of aliphatic carboxylic acids is 1. The number of hydrogen-bond donors (Lipinski definition) is 1. The van der Waals surface area contributed by atoms with Crippen molar-refractivity contribution in [2.45, 2.75) is 12.8 Å². The molecule has 0 bridgehead atoms. The number of rotatable bonds is 5. The van der Waals surface area contributed by atoms with Gasteiger partial charge >= 0.3 is 12.0 Å². The Balaban J connectivity index is 2.40. The zero-order valence-electron chi connectivity index (χ0n) is 11.8. The summed E-state index contributed by atoms with van der Waals surface area (Å²) in [4.78, 5) is 25.5. The number of hydrogen-bond acceptors (Lipinski definition) is 4. The van der Waals surface area contributed by atoms with Crippen molar-refractivity contribution in [1.29, 1.82) is 0 Å². The van der Waals surface area contributed by atoms with Crippen molar-refractivity contribution in [2.75, 3.05) is 46.0 Å². The molecule has 1 fully saturated rings. The van der Waals surface area contributed by atoms with Crippen molar-refractivity contribution < 1.29 is 23.1 Å². The van der Waals surface area contributed by atoms with Gasteiger partial charge in [-0.3, -0.25) is 4.79 Å². The van der Waals surface area contributed by atoms with E-state index in [1.165, 1.54) is 9.21 Å². The van der Waals surface area contributed by atoms with Crippen LogP contribution >= 0.6 is 0 Å². The molecule has 0 aliphatic carbocycles. The molecule has 0 aromatic heterocycles. The van der Waals surface area contributed by atoms with Gasteiger partial charge < -0.3 is 14.9 Å². The Kier molecular flexibility index (Phi) is 5.75. The van der Waals surface area contributed by atoms with E-state index < -0.39 is 16.0 Å². The number of carboxylic acid groups (broad SMARTS) is 1. The Hall–Kier alpha value is -1.35. The third-order valence-electron chi connectivity index (χ3n) is 3.19. The van der Waals surface area contributed by atoms with Crippen molar-refractivity contribution in [1.82, 2.24) is 14.1 Å². The Morgan fingerprint density at radius 2 is 1.75 bits per heavy atom.